The molecule has 0 spiro atoms. The minimum Gasteiger partial charge on any atom is -0.375 e. The van der Waals surface area contributed by atoms with E-state index in [4.69, 9.17) is 0 Å². The molecule has 0 aliphatic rings. The highest BCUT2D eigenvalue weighted by Gasteiger charge is 2.42. The van der Waals surface area contributed by atoms with Crippen molar-refractivity contribution in [2.45, 2.75) is 6.18 Å². The van der Waals surface area contributed by atoms with Crippen molar-refractivity contribution in [3.05, 3.63) is 65.7 Å². The maximum absolute atomic E-state index is 13.6. The number of methoxy groups -OCH3 is 1. The number of rotatable bonds is 6. The third-order valence-corrected chi connectivity index (χ3v) is 3.91. The van der Waals surface area contributed by atoms with Crippen LogP contribution in [0.3, 0.4) is 0 Å². The van der Waals surface area contributed by atoms with E-state index >= 15 is 0 Å². The number of hydrogen-bond donors (Lipinski definition) is 2. The molecule has 0 saturated carbocycles. The van der Waals surface area contributed by atoms with Crippen molar-refractivity contribution in [3.8, 4) is 5.69 Å². The Bertz CT molecular complexity index is 1100. The molecule has 2 N–H and O–H groups in total. The molecule has 31 heavy (non-hydrogen) atoms. The molecule has 0 bridgehead atoms. The molecule has 162 valence electrons. The molecule has 1 aromatic heterocycles. The second-order valence-corrected chi connectivity index (χ2v) is 6.19. The fourth-order valence-electron chi connectivity index (χ4n) is 2.63. The summed E-state index contributed by atoms with van der Waals surface area (Å²) in [6.45, 7) is -0.153. The minimum absolute atomic E-state index is 0.153. The molecule has 3 aromatic rings. The standard InChI is InChI=1S/C19H15F4N5O3/c1-31-10-15(29)24-12-5-7-13(8-6-12)25-18(30)16-17(19(21,22)23)28(27-26-16)14-4-2-3-11(20)9-14/h2-9H,10H2,1H3,(H,24,29)(H,25,30). The summed E-state index contributed by atoms with van der Waals surface area (Å²) in [4.78, 5) is 23.9. The lowest BCUT2D eigenvalue weighted by Gasteiger charge is -2.11. The SMILES string of the molecule is COCC(=O)Nc1ccc(NC(=O)c2nnn(-c3cccc(F)c3)c2C(F)(F)F)cc1. The zero-order valence-electron chi connectivity index (χ0n) is 15.9. The van der Waals surface area contributed by atoms with E-state index < -0.39 is 35.2 Å². The summed E-state index contributed by atoms with van der Waals surface area (Å²) in [6, 6.07) is 9.94. The van der Waals surface area contributed by atoms with E-state index in [1.165, 1.54) is 43.5 Å². The summed E-state index contributed by atoms with van der Waals surface area (Å²) >= 11 is 0. The van der Waals surface area contributed by atoms with Crippen molar-refractivity contribution in [1.29, 1.82) is 0 Å². The van der Waals surface area contributed by atoms with Gasteiger partial charge in [0.1, 0.15) is 12.4 Å². The first-order valence-electron chi connectivity index (χ1n) is 8.68. The van der Waals surface area contributed by atoms with Crippen LogP contribution in [-0.2, 0) is 15.7 Å². The number of hydrogen-bond acceptors (Lipinski definition) is 5. The maximum atomic E-state index is 13.6. The van der Waals surface area contributed by atoms with Gasteiger partial charge < -0.3 is 15.4 Å². The van der Waals surface area contributed by atoms with Gasteiger partial charge in [0.15, 0.2) is 11.4 Å². The number of alkyl halides is 3. The molecule has 0 aliphatic heterocycles. The van der Waals surface area contributed by atoms with Crippen LogP contribution < -0.4 is 10.6 Å². The predicted molar refractivity (Wildman–Crippen MR) is 101 cm³/mol. The molecule has 0 unspecified atom stereocenters. The monoisotopic (exact) mass is 437 g/mol. The van der Waals surface area contributed by atoms with E-state index in [9.17, 15) is 27.2 Å². The predicted octanol–water partition coefficient (Wildman–Crippen LogP) is 3.26. The van der Waals surface area contributed by atoms with Gasteiger partial charge in [0.25, 0.3) is 5.91 Å². The molecule has 0 radical (unpaired) electrons. The van der Waals surface area contributed by atoms with Gasteiger partial charge in [-0.1, -0.05) is 11.3 Å². The summed E-state index contributed by atoms with van der Waals surface area (Å²) in [6.07, 6.45) is -4.99. The van der Waals surface area contributed by atoms with Gasteiger partial charge in [0.05, 0.1) is 5.69 Å². The summed E-state index contributed by atoms with van der Waals surface area (Å²) in [5, 5.41) is 11.5. The van der Waals surface area contributed by atoms with Crippen LogP contribution >= 0.6 is 0 Å². The van der Waals surface area contributed by atoms with Crippen molar-refractivity contribution < 1.29 is 31.9 Å². The van der Waals surface area contributed by atoms with Crippen molar-refractivity contribution in [1.82, 2.24) is 15.0 Å². The largest absolute Gasteiger partial charge is 0.435 e. The summed E-state index contributed by atoms with van der Waals surface area (Å²) in [5.41, 5.74) is -2.11. The topological polar surface area (TPSA) is 98.1 Å². The molecular formula is C19H15F4N5O3. The summed E-state index contributed by atoms with van der Waals surface area (Å²) in [7, 11) is 1.36. The van der Waals surface area contributed by atoms with Crippen LogP contribution in [0.15, 0.2) is 48.5 Å². The number of anilines is 2. The molecule has 2 amide bonds. The molecule has 0 fully saturated rings. The van der Waals surface area contributed by atoms with Crippen molar-refractivity contribution in [3.63, 3.8) is 0 Å². The average Bonchev–Trinajstić information content (AvgIpc) is 3.16. The van der Waals surface area contributed by atoms with E-state index in [1.807, 2.05) is 0 Å². The second-order valence-electron chi connectivity index (χ2n) is 6.19. The van der Waals surface area contributed by atoms with Crippen LogP contribution in [0.1, 0.15) is 16.2 Å². The first kappa shape index (κ1) is 21.9. The fraction of sp³-hybridized carbons (Fsp3) is 0.158. The van der Waals surface area contributed by atoms with E-state index in [2.05, 4.69) is 25.7 Å². The summed E-state index contributed by atoms with van der Waals surface area (Å²) < 4.78 is 59.4. The zero-order valence-corrected chi connectivity index (χ0v) is 15.9. The van der Waals surface area contributed by atoms with Gasteiger partial charge in [-0.2, -0.15) is 13.2 Å². The zero-order chi connectivity index (χ0) is 22.6. The summed E-state index contributed by atoms with van der Waals surface area (Å²) in [5.74, 6) is -2.33. The van der Waals surface area contributed by atoms with Crippen LogP contribution in [0.2, 0.25) is 0 Å². The number of ether oxygens (including phenoxy) is 1. The van der Waals surface area contributed by atoms with Crippen LogP contribution in [-0.4, -0.2) is 40.5 Å². The highest BCUT2D eigenvalue weighted by Crippen LogP contribution is 2.33. The van der Waals surface area contributed by atoms with E-state index in [1.54, 1.807) is 0 Å². The highest BCUT2D eigenvalue weighted by molar-refractivity contribution is 6.04. The fourth-order valence-corrected chi connectivity index (χ4v) is 2.63. The molecule has 2 aromatic carbocycles. The molecule has 0 saturated heterocycles. The van der Waals surface area contributed by atoms with Gasteiger partial charge >= 0.3 is 6.18 Å². The number of carbonyl (C=O) groups excluding carboxylic acids is 2. The number of benzene rings is 2. The molecule has 1 heterocycles. The Kier molecular flexibility index (Phi) is 6.30. The Morgan fingerprint density at radius 2 is 1.71 bits per heavy atom. The minimum atomic E-state index is -4.99. The number of halogens is 4. The van der Waals surface area contributed by atoms with Crippen molar-refractivity contribution in [2.75, 3.05) is 24.4 Å². The Balaban J connectivity index is 1.84. The first-order chi connectivity index (χ1) is 14.7. The Morgan fingerprint density at radius 3 is 2.29 bits per heavy atom. The van der Waals surface area contributed by atoms with Gasteiger partial charge in [0, 0.05) is 18.5 Å². The van der Waals surface area contributed by atoms with Gasteiger partial charge in [-0.15, -0.1) is 5.10 Å². The van der Waals surface area contributed by atoms with Crippen molar-refractivity contribution >= 4 is 23.2 Å². The number of aromatic nitrogens is 3. The van der Waals surface area contributed by atoms with Crippen LogP contribution in [0.5, 0.6) is 0 Å². The molecule has 3 rings (SSSR count). The van der Waals surface area contributed by atoms with Gasteiger partial charge in [-0.25, -0.2) is 9.07 Å². The first-order valence-corrected chi connectivity index (χ1v) is 8.68. The third-order valence-electron chi connectivity index (χ3n) is 3.91. The van der Waals surface area contributed by atoms with E-state index in [0.29, 0.717) is 10.4 Å². The van der Waals surface area contributed by atoms with E-state index in [-0.39, 0.29) is 18.0 Å². The lowest BCUT2D eigenvalue weighted by Crippen LogP contribution is -2.21. The number of nitrogens with one attached hydrogen (secondary N) is 2. The molecule has 8 nitrogen and oxygen atoms in total. The van der Waals surface area contributed by atoms with Crippen LogP contribution in [0, 0.1) is 5.82 Å². The number of carbonyl (C=O) groups is 2. The van der Waals surface area contributed by atoms with Crippen molar-refractivity contribution in [2.24, 2.45) is 0 Å². The normalized spacial score (nSPS) is 11.3. The Hall–Kier alpha value is -3.80. The lowest BCUT2D eigenvalue weighted by atomic mass is 10.2. The number of nitrogens with zero attached hydrogens (tertiary/aromatic N) is 3. The van der Waals surface area contributed by atoms with Gasteiger partial charge in [-0.05, 0) is 42.5 Å². The Labute approximate surface area is 172 Å². The molecule has 0 atom stereocenters. The quantitative estimate of drug-likeness (QED) is 0.577. The molecular weight excluding hydrogens is 422 g/mol. The van der Waals surface area contributed by atoms with Gasteiger partial charge in [-0.3, -0.25) is 9.59 Å². The number of amides is 2. The van der Waals surface area contributed by atoms with Crippen LogP contribution in [0.4, 0.5) is 28.9 Å². The van der Waals surface area contributed by atoms with Gasteiger partial charge in [0.2, 0.25) is 5.91 Å². The van der Waals surface area contributed by atoms with E-state index in [0.717, 1.165) is 12.1 Å². The third kappa shape index (κ3) is 5.22. The molecule has 12 heteroatoms. The highest BCUT2D eigenvalue weighted by atomic mass is 19.4. The van der Waals surface area contributed by atoms with Crippen LogP contribution in [0.25, 0.3) is 5.69 Å². The maximum Gasteiger partial charge on any atom is 0.435 e. The molecule has 0 aliphatic carbocycles. The second kappa shape index (κ2) is 8.92. The Morgan fingerprint density at radius 1 is 1.06 bits per heavy atom. The average molecular weight is 437 g/mol. The smallest absolute Gasteiger partial charge is 0.375 e. The lowest BCUT2D eigenvalue weighted by molar-refractivity contribution is -0.143.